The third-order valence-electron chi connectivity index (χ3n) is 4.03. The summed E-state index contributed by atoms with van der Waals surface area (Å²) in [4.78, 5) is 17.4. The van der Waals surface area contributed by atoms with E-state index in [0.717, 1.165) is 22.5 Å². The molecule has 0 unspecified atom stereocenters. The van der Waals surface area contributed by atoms with Crippen LogP contribution in [0.25, 0.3) is 22.6 Å². The Balaban J connectivity index is 1.92. The van der Waals surface area contributed by atoms with Gasteiger partial charge in [0.05, 0.1) is 11.4 Å². The molecule has 4 nitrogen and oxygen atoms in total. The van der Waals surface area contributed by atoms with Gasteiger partial charge < -0.3 is 4.40 Å². The van der Waals surface area contributed by atoms with Crippen LogP contribution in [0.1, 0.15) is 5.56 Å². The minimum atomic E-state index is -0.181. The zero-order valence-electron chi connectivity index (χ0n) is 13.0. The smallest absolute Gasteiger partial charge is 0.298 e. The maximum Gasteiger partial charge on any atom is 0.298 e. The number of rotatable bonds is 2. The van der Waals surface area contributed by atoms with Crippen LogP contribution in [0.5, 0.6) is 0 Å². The number of nitrogens with zero attached hydrogens (tertiary/aromatic N) is 3. The van der Waals surface area contributed by atoms with Gasteiger partial charge in [0.15, 0.2) is 0 Å². The van der Waals surface area contributed by atoms with E-state index < -0.39 is 0 Å². The zero-order chi connectivity index (χ0) is 16.7. The summed E-state index contributed by atoms with van der Waals surface area (Å²) < 4.78 is 3.31. The molecule has 2 aromatic carbocycles. The molecule has 24 heavy (non-hydrogen) atoms. The largest absolute Gasteiger partial charge is 0.300 e. The molecule has 5 heteroatoms. The van der Waals surface area contributed by atoms with E-state index in [9.17, 15) is 4.79 Å². The summed E-state index contributed by atoms with van der Waals surface area (Å²) in [7, 11) is 0. The number of hydrogen-bond donors (Lipinski definition) is 0. The van der Waals surface area contributed by atoms with Crippen molar-refractivity contribution >= 4 is 17.2 Å². The molecular formula is C19H14ClN3O. The lowest BCUT2D eigenvalue weighted by molar-refractivity contribution is 0.950. The molecule has 0 N–H and O–H groups in total. The highest BCUT2D eigenvalue weighted by Gasteiger charge is 2.11. The number of aryl methyl sites for hydroxylation is 1. The van der Waals surface area contributed by atoms with Crippen LogP contribution >= 0.6 is 11.6 Å². The molecule has 0 aliphatic carbocycles. The molecule has 4 aromatic rings. The zero-order valence-corrected chi connectivity index (χ0v) is 13.7. The maximum atomic E-state index is 12.8. The lowest BCUT2D eigenvalue weighted by Gasteiger charge is -2.05. The van der Waals surface area contributed by atoms with Crippen LogP contribution in [0.15, 0.2) is 71.9 Å². The first-order valence-electron chi connectivity index (χ1n) is 7.56. The van der Waals surface area contributed by atoms with Gasteiger partial charge in [-0.2, -0.15) is 0 Å². The highest BCUT2D eigenvalue weighted by Crippen LogP contribution is 2.22. The molecule has 0 bridgehead atoms. The first-order valence-corrected chi connectivity index (χ1v) is 7.93. The Bertz CT molecular complexity index is 1110. The second kappa shape index (κ2) is 5.65. The Morgan fingerprint density at radius 1 is 1.04 bits per heavy atom. The van der Waals surface area contributed by atoms with Gasteiger partial charge in [-0.3, -0.25) is 9.36 Å². The van der Waals surface area contributed by atoms with Gasteiger partial charge in [0.25, 0.3) is 5.56 Å². The van der Waals surface area contributed by atoms with Crippen molar-refractivity contribution in [2.75, 3.05) is 0 Å². The fourth-order valence-corrected chi connectivity index (χ4v) is 2.98. The lowest BCUT2D eigenvalue weighted by atomic mass is 10.1. The quantitative estimate of drug-likeness (QED) is 0.553. The van der Waals surface area contributed by atoms with Crippen molar-refractivity contribution in [3.05, 3.63) is 88.1 Å². The second-order valence-corrected chi connectivity index (χ2v) is 6.06. The molecule has 0 amide bonds. The number of benzene rings is 2. The minimum absolute atomic E-state index is 0.181. The van der Waals surface area contributed by atoms with Crippen LogP contribution < -0.4 is 5.56 Å². The molecule has 0 aliphatic heterocycles. The molecule has 0 spiro atoms. The van der Waals surface area contributed by atoms with Crippen molar-refractivity contribution in [2.45, 2.75) is 6.92 Å². The van der Waals surface area contributed by atoms with Crippen LogP contribution in [-0.4, -0.2) is 14.0 Å². The molecule has 0 atom stereocenters. The van der Waals surface area contributed by atoms with Gasteiger partial charge >= 0.3 is 0 Å². The number of imidazole rings is 1. The van der Waals surface area contributed by atoms with E-state index in [1.807, 2.05) is 55.7 Å². The first kappa shape index (κ1) is 14.7. The normalized spacial score (nSPS) is 11.1. The van der Waals surface area contributed by atoms with Crippen molar-refractivity contribution in [3.8, 4) is 16.9 Å². The van der Waals surface area contributed by atoms with E-state index in [-0.39, 0.29) is 5.56 Å². The van der Waals surface area contributed by atoms with E-state index in [2.05, 4.69) is 4.98 Å². The molecule has 0 radical (unpaired) electrons. The van der Waals surface area contributed by atoms with Gasteiger partial charge in [0, 0.05) is 29.2 Å². The third kappa shape index (κ3) is 2.41. The van der Waals surface area contributed by atoms with E-state index in [4.69, 9.17) is 11.6 Å². The van der Waals surface area contributed by atoms with E-state index in [1.165, 1.54) is 0 Å². The molecule has 118 valence electrons. The van der Waals surface area contributed by atoms with Gasteiger partial charge in [0.2, 0.25) is 5.65 Å². The summed E-state index contributed by atoms with van der Waals surface area (Å²) in [6, 6.07) is 15.2. The summed E-state index contributed by atoms with van der Waals surface area (Å²) in [6.45, 7) is 2.03. The van der Waals surface area contributed by atoms with Gasteiger partial charge in [-0.15, -0.1) is 0 Å². The molecule has 0 aliphatic rings. The first-order chi connectivity index (χ1) is 11.6. The standard InChI is InChI=1S/C19H14ClN3O/c1-13-5-2-3-8-16(13)17-12-22-9-10-23(19(24)18(22)21-17)15-7-4-6-14(20)11-15/h2-12H,1H3. The molecule has 2 heterocycles. The molecule has 2 aromatic heterocycles. The summed E-state index contributed by atoms with van der Waals surface area (Å²) in [5, 5.41) is 0.586. The predicted molar refractivity (Wildman–Crippen MR) is 96.0 cm³/mol. The average molecular weight is 336 g/mol. The Hall–Kier alpha value is -2.85. The lowest BCUT2D eigenvalue weighted by Crippen LogP contribution is -2.19. The second-order valence-electron chi connectivity index (χ2n) is 5.63. The fraction of sp³-hybridized carbons (Fsp3) is 0.0526. The Labute approximate surface area is 143 Å². The molecule has 0 fully saturated rings. The van der Waals surface area contributed by atoms with Crippen LogP contribution in [0, 0.1) is 6.92 Å². The van der Waals surface area contributed by atoms with Gasteiger partial charge in [0.1, 0.15) is 0 Å². The summed E-state index contributed by atoms with van der Waals surface area (Å²) >= 11 is 6.03. The maximum absolute atomic E-state index is 12.8. The highest BCUT2D eigenvalue weighted by molar-refractivity contribution is 6.30. The number of halogens is 1. The highest BCUT2D eigenvalue weighted by atomic mass is 35.5. The Morgan fingerprint density at radius 3 is 2.67 bits per heavy atom. The number of hydrogen-bond acceptors (Lipinski definition) is 2. The van der Waals surface area contributed by atoms with Gasteiger partial charge in [-0.1, -0.05) is 41.9 Å². The van der Waals surface area contributed by atoms with Crippen molar-refractivity contribution in [2.24, 2.45) is 0 Å². The monoisotopic (exact) mass is 335 g/mol. The van der Waals surface area contributed by atoms with Crippen molar-refractivity contribution in [3.63, 3.8) is 0 Å². The molecule has 0 saturated carbocycles. The van der Waals surface area contributed by atoms with Crippen LogP contribution in [0.3, 0.4) is 0 Å². The van der Waals surface area contributed by atoms with Crippen molar-refractivity contribution in [1.82, 2.24) is 14.0 Å². The van der Waals surface area contributed by atoms with Gasteiger partial charge in [-0.25, -0.2) is 4.98 Å². The Kier molecular flexibility index (Phi) is 3.47. The third-order valence-corrected chi connectivity index (χ3v) is 4.26. The molecule has 4 rings (SSSR count). The van der Waals surface area contributed by atoms with E-state index >= 15 is 0 Å². The van der Waals surface area contributed by atoms with Crippen LogP contribution in [0.2, 0.25) is 5.02 Å². The molecule has 0 saturated heterocycles. The average Bonchev–Trinajstić information content (AvgIpc) is 3.00. The summed E-state index contributed by atoms with van der Waals surface area (Å²) in [6.07, 6.45) is 5.43. The summed E-state index contributed by atoms with van der Waals surface area (Å²) in [5.74, 6) is 0. The molecular weight excluding hydrogens is 322 g/mol. The summed E-state index contributed by atoms with van der Waals surface area (Å²) in [5.41, 5.74) is 3.85. The minimum Gasteiger partial charge on any atom is -0.300 e. The topological polar surface area (TPSA) is 39.3 Å². The SMILES string of the molecule is Cc1ccccc1-c1cn2ccn(-c3cccc(Cl)c3)c(=O)c2n1. The Morgan fingerprint density at radius 2 is 1.88 bits per heavy atom. The number of fused-ring (bicyclic) bond motifs is 1. The van der Waals surface area contributed by atoms with Crippen molar-refractivity contribution < 1.29 is 0 Å². The van der Waals surface area contributed by atoms with E-state index in [1.54, 1.807) is 27.3 Å². The van der Waals surface area contributed by atoms with E-state index in [0.29, 0.717) is 10.7 Å². The van der Waals surface area contributed by atoms with Crippen LogP contribution in [-0.2, 0) is 0 Å². The van der Waals surface area contributed by atoms with Crippen molar-refractivity contribution in [1.29, 1.82) is 0 Å². The van der Waals surface area contributed by atoms with Crippen LogP contribution in [0.4, 0.5) is 0 Å². The predicted octanol–water partition coefficient (Wildman–Crippen LogP) is 4.11. The fourth-order valence-electron chi connectivity index (χ4n) is 2.80. The van der Waals surface area contributed by atoms with Gasteiger partial charge in [-0.05, 0) is 30.7 Å². The number of aromatic nitrogens is 3.